The molecule has 1 aliphatic rings. The fourth-order valence-corrected chi connectivity index (χ4v) is 3.72. The SMILES string of the molecule is Cc1cc(C)cc(C2CNNC2c2ccc(Oc3ccccc3)cc2)c1. The van der Waals surface area contributed by atoms with Crippen molar-refractivity contribution in [3.8, 4) is 11.5 Å². The van der Waals surface area contributed by atoms with Crippen molar-refractivity contribution >= 4 is 0 Å². The molecule has 4 rings (SSSR count). The average Bonchev–Trinajstić information content (AvgIpc) is 3.12. The standard InChI is InChI=1S/C23H24N2O/c1-16-12-17(2)14-19(13-16)22-15-24-25-23(22)18-8-10-21(11-9-18)26-20-6-4-3-5-7-20/h3-14,22-25H,15H2,1-2H3. The Morgan fingerprint density at radius 1 is 0.769 bits per heavy atom. The lowest BCUT2D eigenvalue weighted by molar-refractivity contribution is 0.481. The lowest BCUT2D eigenvalue weighted by atomic mass is 9.87. The predicted molar refractivity (Wildman–Crippen MR) is 105 cm³/mol. The number of aryl methyl sites for hydroxylation is 2. The van der Waals surface area contributed by atoms with Gasteiger partial charge in [-0.1, -0.05) is 59.7 Å². The molecule has 132 valence electrons. The van der Waals surface area contributed by atoms with Gasteiger partial charge in [-0.05, 0) is 49.2 Å². The molecular weight excluding hydrogens is 320 g/mol. The fourth-order valence-electron chi connectivity index (χ4n) is 3.72. The Labute approximate surface area is 155 Å². The highest BCUT2D eigenvalue weighted by molar-refractivity contribution is 5.38. The van der Waals surface area contributed by atoms with E-state index in [-0.39, 0.29) is 6.04 Å². The molecule has 0 aromatic heterocycles. The van der Waals surface area contributed by atoms with Gasteiger partial charge < -0.3 is 4.74 Å². The van der Waals surface area contributed by atoms with Crippen molar-refractivity contribution in [3.05, 3.63) is 95.1 Å². The van der Waals surface area contributed by atoms with Crippen LogP contribution in [0.25, 0.3) is 0 Å². The normalized spacial score (nSPS) is 19.5. The van der Waals surface area contributed by atoms with E-state index in [4.69, 9.17) is 4.74 Å². The van der Waals surface area contributed by atoms with Crippen molar-refractivity contribution in [2.45, 2.75) is 25.8 Å². The van der Waals surface area contributed by atoms with E-state index in [1.54, 1.807) is 0 Å². The van der Waals surface area contributed by atoms with Gasteiger partial charge in [0.2, 0.25) is 0 Å². The highest BCUT2D eigenvalue weighted by atomic mass is 16.5. The Morgan fingerprint density at radius 2 is 1.42 bits per heavy atom. The molecule has 3 nitrogen and oxygen atoms in total. The largest absolute Gasteiger partial charge is 0.457 e. The molecule has 2 N–H and O–H groups in total. The van der Waals surface area contributed by atoms with Crippen LogP contribution in [0.3, 0.4) is 0 Å². The maximum absolute atomic E-state index is 5.90. The molecule has 3 aromatic carbocycles. The van der Waals surface area contributed by atoms with E-state index >= 15 is 0 Å². The summed E-state index contributed by atoms with van der Waals surface area (Å²) in [5.41, 5.74) is 12.1. The number of benzene rings is 3. The van der Waals surface area contributed by atoms with E-state index in [1.807, 2.05) is 42.5 Å². The smallest absolute Gasteiger partial charge is 0.127 e. The van der Waals surface area contributed by atoms with Gasteiger partial charge in [0.05, 0.1) is 6.04 Å². The minimum Gasteiger partial charge on any atom is -0.457 e. The lowest BCUT2D eigenvalue weighted by Gasteiger charge is -2.20. The van der Waals surface area contributed by atoms with Gasteiger partial charge in [0.1, 0.15) is 11.5 Å². The van der Waals surface area contributed by atoms with Crippen LogP contribution in [0.2, 0.25) is 0 Å². The van der Waals surface area contributed by atoms with Crippen LogP contribution in [0.4, 0.5) is 0 Å². The number of hydrogen-bond donors (Lipinski definition) is 2. The molecule has 26 heavy (non-hydrogen) atoms. The summed E-state index contributed by atoms with van der Waals surface area (Å²) in [5.74, 6) is 2.12. The molecule has 0 amide bonds. The van der Waals surface area contributed by atoms with Crippen LogP contribution in [0.15, 0.2) is 72.8 Å². The highest BCUT2D eigenvalue weighted by Gasteiger charge is 2.29. The number of hydrazine groups is 1. The summed E-state index contributed by atoms with van der Waals surface area (Å²) in [6, 6.07) is 25.3. The summed E-state index contributed by atoms with van der Waals surface area (Å²) < 4.78 is 5.90. The van der Waals surface area contributed by atoms with Crippen LogP contribution in [-0.2, 0) is 0 Å². The second-order valence-corrected chi connectivity index (χ2v) is 7.01. The molecular formula is C23H24N2O. The van der Waals surface area contributed by atoms with Crippen molar-refractivity contribution < 1.29 is 4.74 Å². The van der Waals surface area contributed by atoms with E-state index < -0.39 is 0 Å². The number of nitrogens with one attached hydrogen (secondary N) is 2. The number of rotatable bonds is 4. The van der Waals surface area contributed by atoms with E-state index in [0.29, 0.717) is 5.92 Å². The van der Waals surface area contributed by atoms with Crippen LogP contribution in [-0.4, -0.2) is 6.54 Å². The first-order valence-corrected chi connectivity index (χ1v) is 9.08. The number of para-hydroxylation sites is 1. The second kappa shape index (κ2) is 7.32. The van der Waals surface area contributed by atoms with Gasteiger partial charge in [-0.15, -0.1) is 0 Å². The molecule has 0 radical (unpaired) electrons. The minimum atomic E-state index is 0.252. The Kier molecular flexibility index (Phi) is 4.74. The van der Waals surface area contributed by atoms with E-state index in [2.05, 4.69) is 55.0 Å². The third-order valence-electron chi connectivity index (χ3n) is 4.87. The van der Waals surface area contributed by atoms with Crippen molar-refractivity contribution in [2.75, 3.05) is 6.54 Å². The topological polar surface area (TPSA) is 33.3 Å². The first-order chi connectivity index (χ1) is 12.7. The van der Waals surface area contributed by atoms with Crippen LogP contribution >= 0.6 is 0 Å². The molecule has 1 saturated heterocycles. The Balaban J connectivity index is 1.54. The summed E-state index contributed by atoms with van der Waals surface area (Å²) in [7, 11) is 0. The van der Waals surface area contributed by atoms with Gasteiger partial charge in [-0.3, -0.25) is 5.43 Å². The molecule has 3 heteroatoms. The predicted octanol–water partition coefficient (Wildman–Crippen LogP) is 5.03. The Morgan fingerprint density at radius 3 is 2.12 bits per heavy atom. The molecule has 0 aliphatic carbocycles. The second-order valence-electron chi connectivity index (χ2n) is 7.01. The number of hydrogen-bond acceptors (Lipinski definition) is 3. The maximum atomic E-state index is 5.90. The molecule has 1 heterocycles. The average molecular weight is 344 g/mol. The Bertz CT molecular complexity index is 854. The van der Waals surface area contributed by atoms with Crippen LogP contribution < -0.4 is 15.6 Å². The summed E-state index contributed by atoms with van der Waals surface area (Å²) in [5, 5.41) is 0. The maximum Gasteiger partial charge on any atom is 0.127 e. The van der Waals surface area contributed by atoms with Crippen LogP contribution in [0.5, 0.6) is 11.5 Å². The fraction of sp³-hybridized carbons (Fsp3) is 0.217. The van der Waals surface area contributed by atoms with Gasteiger partial charge in [0.25, 0.3) is 0 Å². The first-order valence-electron chi connectivity index (χ1n) is 9.08. The molecule has 1 aliphatic heterocycles. The minimum absolute atomic E-state index is 0.252. The van der Waals surface area contributed by atoms with Crippen molar-refractivity contribution in [1.82, 2.24) is 10.9 Å². The van der Waals surface area contributed by atoms with Gasteiger partial charge in [-0.25, -0.2) is 5.43 Å². The van der Waals surface area contributed by atoms with Crippen molar-refractivity contribution in [1.29, 1.82) is 0 Å². The molecule has 2 atom stereocenters. The summed E-state index contributed by atoms with van der Waals surface area (Å²) in [6.07, 6.45) is 0. The molecule has 0 spiro atoms. The zero-order valence-corrected chi connectivity index (χ0v) is 15.2. The molecule has 2 unspecified atom stereocenters. The van der Waals surface area contributed by atoms with Crippen LogP contribution in [0, 0.1) is 13.8 Å². The first kappa shape index (κ1) is 16.8. The van der Waals surface area contributed by atoms with Crippen molar-refractivity contribution in [3.63, 3.8) is 0 Å². The van der Waals surface area contributed by atoms with Gasteiger partial charge >= 0.3 is 0 Å². The third kappa shape index (κ3) is 3.64. The van der Waals surface area contributed by atoms with E-state index in [0.717, 1.165) is 18.0 Å². The van der Waals surface area contributed by atoms with E-state index in [1.165, 1.54) is 22.3 Å². The zero-order valence-electron chi connectivity index (χ0n) is 15.2. The quantitative estimate of drug-likeness (QED) is 0.696. The number of ether oxygens (including phenoxy) is 1. The van der Waals surface area contributed by atoms with Crippen molar-refractivity contribution in [2.24, 2.45) is 0 Å². The molecule has 3 aromatic rings. The van der Waals surface area contributed by atoms with E-state index in [9.17, 15) is 0 Å². The lowest BCUT2D eigenvalue weighted by Crippen LogP contribution is -2.24. The van der Waals surface area contributed by atoms with Crippen LogP contribution in [0.1, 0.15) is 34.2 Å². The summed E-state index contributed by atoms with van der Waals surface area (Å²) in [6.45, 7) is 5.25. The van der Waals surface area contributed by atoms with Gasteiger partial charge in [-0.2, -0.15) is 0 Å². The summed E-state index contributed by atoms with van der Waals surface area (Å²) in [4.78, 5) is 0. The van der Waals surface area contributed by atoms with Gasteiger partial charge in [0, 0.05) is 12.5 Å². The Hall–Kier alpha value is -2.62. The molecule has 0 saturated carbocycles. The van der Waals surface area contributed by atoms with Gasteiger partial charge in [0.15, 0.2) is 0 Å². The molecule has 0 bridgehead atoms. The monoisotopic (exact) mass is 344 g/mol. The molecule has 1 fully saturated rings. The summed E-state index contributed by atoms with van der Waals surface area (Å²) >= 11 is 0. The zero-order chi connectivity index (χ0) is 17.9. The third-order valence-corrected chi connectivity index (χ3v) is 4.87. The highest BCUT2D eigenvalue weighted by Crippen LogP contribution is 2.35.